The van der Waals surface area contributed by atoms with Crippen molar-refractivity contribution in [2.24, 2.45) is 7.05 Å². The minimum Gasteiger partial charge on any atom is -0.329 e. The third kappa shape index (κ3) is 3.49. The Hall–Kier alpha value is -2.26. The number of aryl methyl sites for hydroxylation is 1. The van der Waals surface area contributed by atoms with Crippen LogP contribution in [-0.2, 0) is 37.5 Å². The Morgan fingerprint density at radius 3 is 2.41 bits per heavy atom. The van der Waals surface area contributed by atoms with Gasteiger partial charge in [0.25, 0.3) is 0 Å². The number of nitrogens with one attached hydrogen (secondary N) is 1. The lowest BCUT2D eigenvalue weighted by atomic mass is 9.77. The minimum atomic E-state index is -0.0666. The first-order valence-electron chi connectivity index (χ1n) is 9.68. The lowest BCUT2D eigenvalue weighted by Crippen LogP contribution is -2.22. The van der Waals surface area contributed by atoms with Crippen molar-refractivity contribution in [1.82, 2.24) is 9.55 Å². The van der Waals surface area contributed by atoms with Crippen molar-refractivity contribution in [2.75, 3.05) is 11.1 Å². The molecular weight excluding hydrogens is 356 g/mol. The second kappa shape index (κ2) is 7.77. The monoisotopic (exact) mass is 380 g/mol. The summed E-state index contributed by atoms with van der Waals surface area (Å²) in [6, 6.07) is 2.42. The van der Waals surface area contributed by atoms with E-state index in [1.165, 1.54) is 46.9 Å². The molecule has 1 heterocycles. The summed E-state index contributed by atoms with van der Waals surface area (Å²) in [6.07, 6.45) is 12.3. The maximum atomic E-state index is 12.7. The standard InChI is InChI=1S/C21H24N4OS/c1-25-11-10-23-21(25)27-13-19(26)24-20-17-9-5-4-7-15(17)14-6-2-3-8-16(14)18(20)12-22/h10-11H,2-9,13H2,1H3,(H,24,26). The van der Waals surface area contributed by atoms with Gasteiger partial charge in [0, 0.05) is 19.4 Å². The van der Waals surface area contributed by atoms with Gasteiger partial charge in [0.2, 0.25) is 5.91 Å². The number of benzene rings is 1. The molecular formula is C21H24N4OS. The van der Waals surface area contributed by atoms with E-state index in [9.17, 15) is 10.1 Å². The van der Waals surface area contributed by atoms with Crippen molar-refractivity contribution < 1.29 is 4.79 Å². The molecule has 0 aliphatic heterocycles. The van der Waals surface area contributed by atoms with Gasteiger partial charge in [-0.05, 0) is 73.6 Å². The molecule has 1 aromatic carbocycles. The van der Waals surface area contributed by atoms with Gasteiger partial charge in [-0.1, -0.05) is 11.8 Å². The van der Waals surface area contributed by atoms with E-state index >= 15 is 0 Å². The van der Waals surface area contributed by atoms with Gasteiger partial charge in [0.1, 0.15) is 6.07 Å². The molecule has 140 valence electrons. The summed E-state index contributed by atoms with van der Waals surface area (Å²) in [7, 11) is 1.92. The van der Waals surface area contributed by atoms with Crippen LogP contribution in [0.2, 0.25) is 0 Å². The van der Waals surface area contributed by atoms with Crippen LogP contribution in [0, 0.1) is 11.3 Å². The zero-order chi connectivity index (χ0) is 18.8. The normalized spacial score (nSPS) is 15.6. The van der Waals surface area contributed by atoms with Crippen LogP contribution >= 0.6 is 11.8 Å². The Bertz CT molecular complexity index is 925. The third-order valence-corrected chi connectivity index (χ3v) is 6.70. The molecule has 0 spiro atoms. The van der Waals surface area contributed by atoms with Crippen LogP contribution in [0.4, 0.5) is 5.69 Å². The fourth-order valence-electron chi connectivity index (χ4n) is 4.39. The Balaban J connectivity index is 1.64. The highest BCUT2D eigenvalue weighted by atomic mass is 32.2. The van der Waals surface area contributed by atoms with Crippen LogP contribution in [0.1, 0.15) is 53.5 Å². The molecule has 4 rings (SSSR count). The number of fused-ring (bicyclic) bond motifs is 3. The summed E-state index contributed by atoms with van der Waals surface area (Å²) in [5.74, 6) is 0.227. The summed E-state index contributed by atoms with van der Waals surface area (Å²) in [5.41, 5.74) is 6.74. The van der Waals surface area contributed by atoms with Gasteiger partial charge in [0.15, 0.2) is 5.16 Å². The molecule has 0 radical (unpaired) electrons. The van der Waals surface area contributed by atoms with E-state index in [1.54, 1.807) is 6.20 Å². The lowest BCUT2D eigenvalue weighted by molar-refractivity contribution is -0.113. The Kier molecular flexibility index (Phi) is 5.22. The second-order valence-corrected chi connectivity index (χ2v) is 8.29. The van der Waals surface area contributed by atoms with Crippen molar-refractivity contribution in [2.45, 2.75) is 56.5 Å². The van der Waals surface area contributed by atoms with Gasteiger partial charge in [-0.25, -0.2) is 4.98 Å². The van der Waals surface area contributed by atoms with Gasteiger partial charge in [-0.2, -0.15) is 5.26 Å². The van der Waals surface area contributed by atoms with Gasteiger partial charge in [-0.3, -0.25) is 4.79 Å². The van der Waals surface area contributed by atoms with Crippen molar-refractivity contribution in [3.63, 3.8) is 0 Å². The van der Waals surface area contributed by atoms with Gasteiger partial charge in [-0.15, -0.1) is 0 Å². The van der Waals surface area contributed by atoms with E-state index in [0.717, 1.165) is 49.4 Å². The van der Waals surface area contributed by atoms with E-state index in [0.29, 0.717) is 11.3 Å². The first-order valence-corrected chi connectivity index (χ1v) is 10.7. The highest BCUT2D eigenvalue weighted by molar-refractivity contribution is 7.99. The predicted molar refractivity (Wildman–Crippen MR) is 107 cm³/mol. The molecule has 2 aromatic rings. The molecule has 0 fully saturated rings. The van der Waals surface area contributed by atoms with Gasteiger partial charge >= 0.3 is 0 Å². The Morgan fingerprint density at radius 2 is 1.78 bits per heavy atom. The van der Waals surface area contributed by atoms with Crippen molar-refractivity contribution in [3.8, 4) is 6.07 Å². The summed E-state index contributed by atoms with van der Waals surface area (Å²) in [6.45, 7) is 0. The number of anilines is 1. The van der Waals surface area contributed by atoms with E-state index in [-0.39, 0.29) is 5.91 Å². The van der Waals surface area contributed by atoms with E-state index in [1.807, 2.05) is 17.8 Å². The van der Waals surface area contributed by atoms with Gasteiger partial charge < -0.3 is 9.88 Å². The lowest BCUT2D eigenvalue weighted by Gasteiger charge is -2.29. The zero-order valence-corrected chi connectivity index (χ0v) is 16.5. The fraction of sp³-hybridized carbons (Fsp3) is 0.476. The number of hydrogen-bond donors (Lipinski definition) is 1. The number of nitriles is 1. The van der Waals surface area contributed by atoms with Gasteiger partial charge in [0.05, 0.1) is 17.0 Å². The molecule has 0 saturated heterocycles. The molecule has 2 aliphatic carbocycles. The molecule has 1 amide bonds. The topological polar surface area (TPSA) is 70.7 Å². The molecule has 0 atom stereocenters. The first-order chi connectivity index (χ1) is 13.2. The average molecular weight is 381 g/mol. The molecule has 27 heavy (non-hydrogen) atoms. The zero-order valence-electron chi connectivity index (χ0n) is 15.7. The van der Waals surface area contributed by atoms with Crippen LogP contribution in [0.15, 0.2) is 17.6 Å². The Labute approximate surface area is 164 Å². The molecule has 5 nitrogen and oxygen atoms in total. The molecule has 0 unspecified atom stereocenters. The van der Waals surface area contributed by atoms with Crippen LogP contribution in [0.3, 0.4) is 0 Å². The molecule has 0 bridgehead atoms. The molecule has 1 aromatic heterocycles. The maximum absolute atomic E-state index is 12.7. The van der Waals surface area contributed by atoms with E-state index < -0.39 is 0 Å². The Morgan fingerprint density at radius 1 is 1.15 bits per heavy atom. The highest BCUT2D eigenvalue weighted by Crippen LogP contribution is 2.40. The largest absolute Gasteiger partial charge is 0.329 e. The second-order valence-electron chi connectivity index (χ2n) is 7.35. The predicted octanol–water partition coefficient (Wildman–Crippen LogP) is 3.78. The quantitative estimate of drug-likeness (QED) is 0.820. The smallest absolute Gasteiger partial charge is 0.234 e. The number of aromatic nitrogens is 2. The fourth-order valence-corrected chi connectivity index (χ4v) is 5.12. The average Bonchev–Trinajstić information content (AvgIpc) is 3.11. The van der Waals surface area contributed by atoms with Crippen molar-refractivity contribution in [3.05, 3.63) is 40.2 Å². The number of imidazole rings is 1. The van der Waals surface area contributed by atoms with E-state index in [4.69, 9.17) is 0 Å². The van der Waals surface area contributed by atoms with Crippen molar-refractivity contribution in [1.29, 1.82) is 5.26 Å². The number of carbonyl (C=O) groups is 1. The van der Waals surface area contributed by atoms with Crippen LogP contribution in [0.5, 0.6) is 0 Å². The highest BCUT2D eigenvalue weighted by Gasteiger charge is 2.27. The summed E-state index contributed by atoms with van der Waals surface area (Å²) in [4.78, 5) is 16.9. The first kappa shape index (κ1) is 18.1. The molecule has 2 aliphatic rings. The number of hydrogen-bond acceptors (Lipinski definition) is 4. The number of thioether (sulfide) groups is 1. The minimum absolute atomic E-state index is 0.0666. The van der Waals surface area contributed by atoms with E-state index in [2.05, 4.69) is 16.4 Å². The number of nitrogens with zero attached hydrogens (tertiary/aromatic N) is 3. The van der Waals surface area contributed by atoms with Crippen LogP contribution in [-0.4, -0.2) is 21.2 Å². The molecule has 6 heteroatoms. The van der Waals surface area contributed by atoms with Crippen LogP contribution in [0.25, 0.3) is 0 Å². The van der Waals surface area contributed by atoms with Crippen molar-refractivity contribution >= 4 is 23.4 Å². The number of rotatable bonds is 4. The summed E-state index contributed by atoms with van der Waals surface area (Å²) >= 11 is 1.42. The summed E-state index contributed by atoms with van der Waals surface area (Å²) in [5, 5.41) is 13.8. The number of carbonyl (C=O) groups excluding carboxylic acids is 1. The third-order valence-electron chi connectivity index (χ3n) is 5.64. The summed E-state index contributed by atoms with van der Waals surface area (Å²) < 4.78 is 1.90. The maximum Gasteiger partial charge on any atom is 0.234 e. The van der Waals surface area contributed by atoms with Crippen LogP contribution < -0.4 is 5.32 Å². The number of amides is 1. The molecule has 1 N–H and O–H groups in total. The molecule has 0 saturated carbocycles. The SMILES string of the molecule is Cn1ccnc1SCC(=O)Nc1c(C#N)c2c(c3c1CCCC3)CCCC2.